The van der Waals surface area contributed by atoms with E-state index in [4.69, 9.17) is 22.2 Å². The van der Waals surface area contributed by atoms with E-state index in [0.717, 1.165) is 11.1 Å². The fourth-order valence-electron chi connectivity index (χ4n) is 1.85. The molecule has 0 aliphatic rings. The molecule has 0 aliphatic carbocycles. The number of hydrogen-bond acceptors (Lipinski definition) is 3. The third-order valence-electron chi connectivity index (χ3n) is 2.81. The zero-order valence-electron chi connectivity index (χ0n) is 10.8. The molecule has 0 fully saturated rings. The van der Waals surface area contributed by atoms with Crippen molar-refractivity contribution in [2.75, 3.05) is 0 Å². The molecule has 1 amide bonds. The number of carbonyl (C=O) groups excluding carboxylic acids is 1. The molecule has 0 spiro atoms. The van der Waals surface area contributed by atoms with Gasteiger partial charge in [0.25, 0.3) is 5.91 Å². The predicted octanol–water partition coefficient (Wildman–Crippen LogP) is 2.66. The molecule has 4 nitrogen and oxygen atoms in total. The molecule has 0 heterocycles. The minimum absolute atomic E-state index is 0.327. The van der Waals surface area contributed by atoms with Crippen molar-refractivity contribution in [2.24, 2.45) is 5.84 Å². The van der Waals surface area contributed by atoms with Gasteiger partial charge in [-0.05, 0) is 29.3 Å². The Bertz CT molecular complexity index is 602. The second-order valence-electron chi connectivity index (χ2n) is 4.25. The Morgan fingerprint density at radius 3 is 2.70 bits per heavy atom. The highest BCUT2D eigenvalue weighted by atomic mass is 35.5. The van der Waals surface area contributed by atoms with Crippen LogP contribution in [0.15, 0.2) is 48.5 Å². The molecular weight excluding hydrogens is 276 g/mol. The minimum atomic E-state index is -0.327. The Morgan fingerprint density at radius 1 is 1.15 bits per heavy atom. The van der Waals surface area contributed by atoms with E-state index in [1.165, 1.54) is 0 Å². The number of benzene rings is 2. The van der Waals surface area contributed by atoms with Gasteiger partial charge in [-0.1, -0.05) is 41.9 Å². The highest BCUT2D eigenvalue weighted by Crippen LogP contribution is 2.14. The van der Waals surface area contributed by atoms with Crippen LogP contribution in [0, 0.1) is 0 Å². The molecule has 0 aliphatic heterocycles. The fourth-order valence-corrected chi connectivity index (χ4v) is 2.06. The number of hydrogen-bond donors (Lipinski definition) is 2. The maximum atomic E-state index is 11.6. The van der Waals surface area contributed by atoms with Gasteiger partial charge in [-0.25, -0.2) is 5.84 Å². The van der Waals surface area contributed by atoms with Crippen LogP contribution >= 0.6 is 11.6 Å². The Balaban J connectivity index is 1.99. The average molecular weight is 291 g/mol. The molecule has 0 bridgehead atoms. The first-order chi connectivity index (χ1) is 9.70. The smallest absolute Gasteiger partial charge is 0.265 e. The van der Waals surface area contributed by atoms with Crippen LogP contribution in [0.4, 0.5) is 0 Å². The molecule has 0 aromatic heterocycles. The zero-order valence-corrected chi connectivity index (χ0v) is 11.6. The van der Waals surface area contributed by atoms with Crippen LogP contribution in [-0.2, 0) is 18.0 Å². The van der Waals surface area contributed by atoms with Gasteiger partial charge < -0.3 is 4.74 Å². The number of ether oxygens (including phenoxy) is 1. The third-order valence-corrected chi connectivity index (χ3v) is 3.04. The van der Waals surface area contributed by atoms with Crippen LogP contribution in [0.5, 0.6) is 0 Å². The van der Waals surface area contributed by atoms with E-state index in [1.807, 2.05) is 36.4 Å². The number of rotatable bonds is 5. The lowest BCUT2D eigenvalue weighted by molar-refractivity contribution is 0.0927. The van der Waals surface area contributed by atoms with Gasteiger partial charge in [-0.2, -0.15) is 0 Å². The van der Waals surface area contributed by atoms with Gasteiger partial charge in [-0.3, -0.25) is 10.2 Å². The minimum Gasteiger partial charge on any atom is -0.372 e. The first-order valence-corrected chi connectivity index (χ1v) is 6.49. The Labute approximate surface area is 122 Å². The quantitative estimate of drug-likeness (QED) is 0.505. The molecule has 0 unspecified atom stereocenters. The van der Waals surface area contributed by atoms with Crippen molar-refractivity contribution >= 4 is 17.5 Å². The number of halogens is 1. The van der Waals surface area contributed by atoms with Crippen molar-refractivity contribution in [2.45, 2.75) is 13.2 Å². The zero-order chi connectivity index (χ0) is 14.4. The van der Waals surface area contributed by atoms with E-state index in [0.29, 0.717) is 23.8 Å². The number of nitrogens with two attached hydrogens (primary N) is 1. The Morgan fingerprint density at radius 2 is 1.95 bits per heavy atom. The van der Waals surface area contributed by atoms with E-state index in [2.05, 4.69) is 5.43 Å². The van der Waals surface area contributed by atoms with Crippen LogP contribution in [0.1, 0.15) is 21.5 Å². The monoisotopic (exact) mass is 290 g/mol. The summed E-state index contributed by atoms with van der Waals surface area (Å²) in [4.78, 5) is 11.6. The van der Waals surface area contributed by atoms with Gasteiger partial charge in [0.1, 0.15) is 0 Å². The van der Waals surface area contributed by atoms with Gasteiger partial charge in [0.15, 0.2) is 0 Å². The molecule has 0 saturated heterocycles. The molecule has 2 aromatic rings. The second-order valence-corrected chi connectivity index (χ2v) is 4.69. The summed E-state index contributed by atoms with van der Waals surface area (Å²) in [5, 5.41) is 0.675. The molecular formula is C15H15ClN2O2. The summed E-state index contributed by atoms with van der Waals surface area (Å²) in [6, 6.07) is 14.6. The fraction of sp³-hybridized carbons (Fsp3) is 0.133. The van der Waals surface area contributed by atoms with E-state index in [-0.39, 0.29) is 5.91 Å². The summed E-state index contributed by atoms with van der Waals surface area (Å²) in [6.45, 7) is 0.759. The van der Waals surface area contributed by atoms with Crippen LogP contribution in [0.3, 0.4) is 0 Å². The van der Waals surface area contributed by atoms with Crippen LogP contribution in [0.2, 0.25) is 5.02 Å². The topological polar surface area (TPSA) is 64.3 Å². The van der Waals surface area contributed by atoms with E-state index in [1.54, 1.807) is 12.1 Å². The summed E-state index contributed by atoms with van der Waals surface area (Å²) >= 11 is 5.90. The standard InChI is InChI=1S/C15H15ClN2O2/c16-13-6-3-4-11(8-13)9-20-10-12-5-1-2-7-14(12)15(19)18-17/h1-8H,9-10,17H2,(H,18,19). The molecule has 2 aromatic carbocycles. The van der Waals surface area contributed by atoms with Gasteiger partial charge in [0, 0.05) is 10.6 Å². The van der Waals surface area contributed by atoms with Gasteiger partial charge in [0.2, 0.25) is 0 Å². The Kier molecular flexibility index (Phi) is 5.12. The van der Waals surface area contributed by atoms with Gasteiger partial charge in [-0.15, -0.1) is 0 Å². The summed E-state index contributed by atoms with van der Waals surface area (Å²) in [7, 11) is 0. The maximum Gasteiger partial charge on any atom is 0.265 e. The molecule has 0 saturated carbocycles. The largest absolute Gasteiger partial charge is 0.372 e. The molecule has 0 radical (unpaired) electrons. The van der Waals surface area contributed by atoms with Crippen LogP contribution in [-0.4, -0.2) is 5.91 Å². The lowest BCUT2D eigenvalue weighted by Gasteiger charge is -2.09. The summed E-state index contributed by atoms with van der Waals surface area (Å²) in [5.74, 6) is 4.83. The molecule has 2 rings (SSSR count). The van der Waals surface area contributed by atoms with Crippen molar-refractivity contribution < 1.29 is 9.53 Å². The van der Waals surface area contributed by atoms with E-state index < -0.39 is 0 Å². The van der Waals surface area contributed by atoms with Gasteiger partial charge in [0.05, 0.1) is 13.2 Å². The van der Waals surface area contributed by atoms with Crippen LogP contribution < -0.4 is 11.3 Å². The van der Waals surface area contributed by atoms with Crippen molar-refractivity contribution in [3.8, 4) is 0 Å². The molecule has 5 heteroatoms. The van der Waals surface area contributed by atoms with Crippen LogP contribution in [0.25, 0.3) is 0 Å². The number of carbonyl (C=O) groups is 1. The normalized spacial score (nSPS) is 10.3. The van der Waals surface area contributed by atoms with Crippen molar-refractivity contribution in [3.05, 3.63) is 70.2 Å². The summed E-state index contributed by atoms with van der Waals surface area (Å²) < 4.78 is 5.62. The highest BCUT2D eigenvalue weighted by molar-refractivity contribution is 6.30. The lowest BCUT2D eigenvalue weighted by Crippen LogP contribution is -2.30. The third kappa shape index (κ3) is 3.81. The first kappa shape index (κ1) is 14.5. The summed E-state index contributed by atoms with van der Waals surface area (Å²) in [6.07, 6.45) is 0. The van der Waals surface area contributed by atoms with E-state index >= 15 is 0 Å². The number of nitrogens with one attached hydrogen (secondary N) is 1. The molecule has 104 valence electrons. The van der Waals surface area contributed by atoms with E-state index in [9.17, 15) is 4.79 Å². The summed E-state index contributed by atoms with van der Waals surface area (Å²) in [5.41, 5.74) is 4.41. The first-order valence-electron chi connectivity index (χ1n) is 6.11. The second kappa shape index (κ2) is 7.05. The molecule has 20 heavy (non-hydrogen) atoms. The molecule has 0 atom stereocenters. The number of amides is 1. The SMILES string of the molecule is NNC(=O)c1ccccc1COCc1cccc(Cl)c1. The number of hydrazine groups is 1. The van der Waals surface area contributed by atoms with Crippen molar-refractivity contribution in [1.82, 2.24) is 5.43 Å². The maximum absolute atomic E-state index is 11.6. The average Bonchev–Trinajstić information content (AvgIpc) is 2.47. The Hall–Kier alpha value is -1.88. The predicted molar refractivity (Wildman–Crippen MR) is 78.0 cm³/mol. The van der Waals surface area contributed by atoms with Crippen molar-refractivity contribution in [3.63, 3.8) is 0 Å². The molecule has 3 N–H and O–H groups in total. The van der Waals surface area contributed by atoms with Crippen molar-refractivity contribution in [1.29, 1.82) is 0 Å². The van der Waals surface area contributed by atoms with Gasteiger partial charge >= 0.3 is 0 Å². The number of nitrogen functional groups attached to an aromatic ring is 1. The highest BCUT2D eigenvalue weighted by Gasteiger charge is 2.09. The lowest BCUT2D eigenvalue weighted by atomic mass is 10.1.